The normalized spacial score (nSPS) is 23.2. The van der Waals surface area contributed by atoms with Crippen molar-refractivity contribution in [2.24, 2.45) is 0 Å². The number of hydrogen-bond acceptors (Lipinski definition) is 2. The van der Waals surface area contributed by atoms with Crippen LogP contribution in [0.1, 0.15) is 43.6 Å². The van der Waals surface area contributed by atoms with Gasteiger partial charge in [-0.15, -0.1) is 0 Å². The Balaban J connectivity index is 1.76. The van der Waals surface area contributed by atoms with E-state index in [0.29, 0.717) is 18.8 Å². The first-order valence-electron chi connectivity index (χ1n) is 7.21. The van der Waals surface area contributed by atoms with Crippen molar-refractivity contribution in [3.05, 3.63) is 29.8 Å². The molecule has 2 nitrogen and oxygen atoms in total. The topological polar surface area (TPSA) is 12.5 Å². The van der Waals surface area contributed by atoms with Gasteiger partial charge < -0.3 is 9.64 Å². The summed E-state index contributed by atoms with van der Waals surface area (Å²) in [5.41, 5.74) is 2.68. The molecule has 1 aliphatic heterocycles. The second-order valence-corrected chi connectivity index (χ2v) is 5.69. The molecule has 3 heteroatoms. The molecule has 2 aliphatic rings. The fourth-order valence-corrected chi connectivity index (χ4v) is 3.05. The van der Waals surface area contributed by atoms with E-state index in [4.69, 9.17) is 4.74 Å². The lowest BCUT2D eigenvalue weighted by Gasteiger charge is -2.39. The van der Waals surface area contributed by atoms with Crippen molar-refractivity contribution in [1.29, 1.82) is 0 Å². The molecular formula is C16H21FNO. The highest BCUT2D eigenvalue weighted by molar-refractivity contribution is 5.55. The maximum Gasteiger partial charge on any atom is 0.212 e. The number of anilines is 1. The number of nitrogens with zero attached hydrogens (tertiary/aromatic N) is 1. The van der Waals surface area contributed by atoms with Crippen molar-refractivity contribution in [1.82, 2.24) is 0 Å². The van der Waals surface area contributed by atoms with Gasteiger partial charge in [-0.3, -0.25) is 0 Å². The van der Waals surface area contributed by atoms with Crippen LogP contribution in [0.15, 0.2) is 18.2 Å². The van der Waals surface area contributed by atoms with E-state index in [-0.39, 0.29) is 0 Å². The Morgan fingerprint density at radius 3 is 2.68 bits per heavy atom. The summed E-state index contributed by atoms with van der Waals surface area (Å²) in [7, 11) is 1.47. The molecule has 2 fully saturated rings. The maximum absolute atomic E-state index is 14.1. The van der Waals surface area contributed by atoms with Gasteiger partial charge in [0.25, 0.3) is 0 Å². The van der Waals surface area contributed by atoms with Crippen LogP contribution in [0, 0.1) is 6.07 Å². The van der Waals surface area contributed by atoms with E-state index in [0.717, 1.165) is 13.1 Å². The second kappa shape index (κ2) is 5.12. The third-order valence-corrected chi connectivity index (χ3v) is 4.63. The molecule has 0 aromatic heterocycles. The average molecular weight is 262 g/mol. The summed E-state index contributed by atoms with van der Waals surface area (Å²) in [4.78, 5) is 2.30. The zero-order valence-corrected chi connectivity index (χ0v) is 11.5. The van der Waals surface area contributed by atoms with E-state index in [2.05, 4.69) is 23.1 Å². The molecule has 103 valence electrons. The van der Waals surface area contributed by atoms with Gasteiger partial charge in [-0.1, -0.05) is 12.5 Å². The van der Waals surface area contributed by atoms with Crippen molar-refractivity contribution < 1.29 is 9.13 Å². The molecule has 0 amide bonds. The third-order valence-electron chi connectivity index (χ3n) is 4.63. The van der Waals surface area contributed by atoms with Crippen LogP contribution in [0.2, 0.25) is 0 Å². The Morgan fingerprint density at radius 1 is 1.37 bits per heavy atom. The minimum atomic E-state index is -1.42. The van der Waals surface area contributed by atoms with Crippen LogP contribution in [0.25, 0.3) is 0 Å². The highest BCUT2D eigenvalue weighted by atomic mass is 19.2. The molecule has 0 N–H and O–H groups in total. The number of halogens is 1. The number of ether oxygens (including phenoxy) is 1. The monoisotopic (exact) mass is 262 g/mol. The lowest BCUT2D eigenvalue weighted by molar-refractivity contribution is -0.135. The van der Waals surface area contributed by atoms with Gasteiger partial charge in [0.1, 0.15) is 0 Å². The van der Waals surface area contributed by atoms with E-state index in [1.807, 2.05) is 6.07 Å². The molecule has 1 aromatic carbocycles. The Labute approximate surface area is 114 Å². The number of piperidine rings is 1. The van der Waals surface area contributed by atoms with Crippen LogP contribution < -0.4 is 4.90 Å². The fourth-order valence-electron chi connectivity index (χ4n) is 3.05. The molecule has 0 spiro atoms. The van der Waals surface area contributed by atoms with Gasteiger partial charge in [-0.05, 0) is 42.5 Å². The second-order valence-electron chi connectivity index (χ2n) is 5.69. The predicted octanol–water partition coefficient (Wildman–Crippen LogP) is 3.67. The number of methoxy groups -OCH3 is 1. The summed E-state index contributed by atoms with van der Waals surface area (Å²) >= 11 is 0. The summed E-state index contributed by atoms with van der Waals surface area (Å²) in [5.74, 6) is -0.736. The standard InChI is InChI=1S/C16H21FNO/c1-19-16(17)9-11-18(12-10-16)15-8-3-2-7-14(15)13-5-4-6-13/h3,7-8,13H,4-6,9-12H2,1H3. The van der Waals surface area contributed by atoms with Crippen LogP contribution in [-0.2, 0) is 4.74 Å². The fraction of sp³-hybridized carbons (Fsp3) is 0.625. The molecule has 1 heterocycles. The van der Waals surface area contributed by atoms with Crippen molar-refractivity contribution in [2.45, 2.75) is 43.9 Å². The third kappa shape index (κ3) is 2.48. The molecule has 1 saturated carbocycles. The van der Waals surface area contributed by atoms with Crippen molar-refractivity contribution >= 4 is 5.69 Å². The quantitative estimate of drug-likeness (QED) is 0.824. The lowest BCUT2D eigenvalue weighted by Crippen LogP contribution is -2.43. The number of hydrogen-bond donors (Lipinski definition) is 0. The first-order chi connectivity index (χ1) is 9.22. The Hall–Kier alpha value is -1.09. The van der Waals surface area contributed by atoms with Crippen LogP contribution in [0.3, 0.4) is 0 Å². The van der Waals surface area contributed by atoms with E-state index in [1.165, 1.54) is 37.6 Å². The first-order valence-corrected chi connectivity index (χ1v) is 7.21. The lowest BCUT2D eigenvalue weighted by atomic mass is 9.79. The molecular weight excluding hydrogens is 241 g/mol. The zero-order valence-electron chi connectivity index (χ0n) is 11.5. The van der Waals surface area contributed by atoms with E-state index in [9.17, 15) is 4.39 Å². The molecule has 1 radical (unpaired) electrons. The van der Waals surface area contributed by atoms with Crippen LogP contribution >= 0.6 is 0 Å². The largest absolute Gasteiger partial charge is 0.371 e. The van der Waals surface area contributed by atoms with Gasteiger partial charge in [0.15, 0.2) is 0 Å². The zero-order chi connectivity index (χ0) is 13.3. The summed E-state index contributed by atoms with van der Waals surface area (Å²) in [6, 6.07) is 9.40. The molecule has 1 saturated heterocycles. The predicted molar refractivity (Wildman–Crippen MR) is 74.2 cm³/mol. The molecule has 0 atom stereocenters. The van der Waals surface area contributed by atoms with Gasteiger partial charge in [0.05, 0.1) is 0 Å². The van der Waals surface area contributed by atoms with Crippen LogP contribution in [-0.4, -0.2) is 26.1 Å². The smallest absolute Gasteiger partial charge is 0.212 e. The van der Waals surface area contributed by atoms with Gasteiger partial charge in [-0.25, -0.2) is 4.39 Å². The maximum atomic E-state index is 14.1. The molecule has 19 heavy (non-hydrogen) atoms. The molecule has 0 unspecified atom stereocenters. The van der Waals surface area contributed by atoms with E-state index >= 15 is 0 Å². The summed E-state index contributed by atoms with van der Waals surface area (Å²) in [6.45, 7) is 1.46. The SMILES string of the molecule is COC1(F)CCN(c2cc[c]cc2C2CCC2)CC1. The summed E-state index contributed by atoms with van der Waals surface area (Å²) in [6.07, 6.45) is 4.79. The number of rotatable bonds is 3. The first kappa shape index (κ1) is 12.9. The van der Waals surface area contributed by atoms with E-state index in [1.54, 1.807) is 0 Å². The highest BCUT2D eigenvalue weighted by Gasteiger charge is 2.35. The Bertz CT molecular complexity index is 436. The molecule has 3 rings (SSSR count). The summed E-state index contributed by atoms with van der Waals surface area (Å²) in [5, 5.41) is 0. The van der Waals surface area contributed by atoms with Crippen LogP contribution in [0.5, 0.6) is 0 Å². The van der Waals surface area contributed by atoms with E-state index < -0.39 is 5.85 Å². The van der Waals surface area contributed by atoms with Crippen molar-refractivity contribution in [3.63, 3.8) is 0 Å². The van der Waals surface area contributed by atoms with Gasteiger partial charge >= 0.3 is 0 Å². The Kier molecular flexibility index (Phi) is 3.48. The molecule has 1 aromatic rings. The molecule has 1 aliphatic carbocycles. The molecule has 0 bridgehead atoms. The van der Waals surface area contributed by atoms with Gasteiger partial charge in [0, 0.05) is 38.7 Å². The minimum absolute atomic E-state index is 0.451. The summed E-state index contributed by atoms with van der Waals surface area (Å²) < 4.78 is 19.0. The highest BCUT2D eigenvalue weighted by Crippen LogP contribution is 2.42. The minimum Gasteiger partial charge on any atom is -0.371 e. The van der Waals surface area contributed by atoms with Crippen molar-refractivity contribution in [2.75, 3.05) is 25.1 Å². The number of alkyl halides is 1. The average Bonchev–Trinajstić information content (AvgIpc) is 2.39. The van der Waals surface area contributed by atoms with Crippen molar-refractivity contribution in [3.8, 4) is 0 Å². The van der Waals surface area contributed by atoms with Gasteiger partial charge in [0.2, 0.25) is 5.85 Å². The van der Waals surface area contributed by atoms with Gasteiger partial charge in [-0.2, -0.15) is 0 Å². The Morgan fingerprint density at radius 2 is 2.11 bits per heavy atom. The van der Waals surface area contributed by atoms with Crippen LogP contribution in [0.4, 0.5) is 10.1 Å². The number of benzene rings is 1.